The zero-order valence-corrected chi connectivity index (χ0v) is 15.7. The van der Waals surface area contributed by atoms with Crippen molar-refractivity contribution >= 4 is 29.9 Å². The second-order valence-electron chi connectivity index (χ2n) is 4.87. The van der Waals surface area contributed by atoms with E-state index < -0.39 is 0 Å². The third-order valence-corrected chi connectivity index (χ3v) is 3.40. The second kappa shape index (κ2) is 14.4. The Bertz CT molecular complexity index is 221. The number of rotatable bonds is 9. The standard InChI is InChI=1S/C14H32N4.HI/c1-6-8-9-10-16-14(15-4)17-11-12-18(5)13(3)7-2;/h13H,6-12H2,1-5H3,(H2,15,16,17);1H. The highest BCUT2D eigenvalue weighted by molar-refractivity contribution is 14.0. The molecule has 0 aromatic carbocycles. The van der Waals surface area contributed by atoms with E-state index in [9.17, 15) is 0 Å². The van der Waals surface area contributed by atoms with Crippen molar-refractivity contribution in [2.45, 2.75) is 52.5 Å². The molecular weight excluding hydrogens is 351 g/mol. The Balaban J connectivity index is 0. The minimum atomic E-state index is 0. The summed E-state index contributed by atoms with van der Waals surface area (Å²) in [6.45, 7) is 9.70. The van der Waals surface area contributed by atoms with Gasteiger partial charge in [0.15, 0.2) is 5.96 Å². The lowest BCUT2D eigenvalue weighted by atomic mass is 10.2. The minimum Gasteiger partial charge on any atom is -0.356 e. The fourth-order valence-electron chi connectivity index (χ4n) is 1.69. The number of likely N-dealkylation sites (N-methyl/N-ethyl adjacent to an activating group) is 1. The normalized spacial score (nSPS) is 13.1. The highest BCUT2D eigenvalue weighted by atomic mass is 127. The van der Waals surface area contributed by atoms with Gasteiger partial charge in [0.05, 0.1) is 0 Å². The van der Waals surface area contributed by atoms with Crippen LogP contribution in [0.4, 0.5) is 0 Å². The van der Waals surface area contributed by atoms with Crippen molar-refractivity contribution in [2.75, 3.05) is 33.7 Å². The molecule has 0 aliphatic carbocycles. The van der Waals surface area contributed by atoms with E-state index in [-0.39, 0.29) is 24.0 Å². The molecule has 0 heterocycles. The quantitative estimate of drug-likeness (QED) is 0.278. The largest absolute Gasteiger partial charge is 0.356 e. The lowest BCUT2D eigenvalue weighted by Crippen LogP contribution is -2.42. The van der Waals surface area contributed by atoms with Crippen LogP contribution in [0.25, 0.3) is 0 Å². The number of nitrogens with zero attached hydrogens (tertiary/aromatic N) is 2. The number of guanidine groups is 1. The summed E-state index contributed by atoms with van der Waals surface area (Å²) in [6, 6.07) is 0.645. The summed E-state index contributed by atoms with van der Waals surface area (Å²) < 4.78 is 0. The van der Waals surface area contributed by atoms with Gasteiger partial charge >= 0.3 is 0 Å². The predicted octanol–water partition coefficient (Wildman–Crippen LogP) is 2.69. The van der Waals surface area contributed by atoms with Crippen molar-refractivity contribution in [3.63, 3.8) is 0 Å². The van der Waals surface area contributed by atoms with Crippen LogP contribution >= 0.6 is 24.0 Å². The first kappa shape index (κ1) is 21.3. The van der Waals surface area contributed by atoms with Gasteiger partial charge in [0.1, 0.15) is 0 Å². The van der Waals surface area contributed by atoms with Crippen LogP contribution in [0.5, 0.6) is 0 Å². The van der Waals surface area contributed by atoms with Crippen molar-refractivity contribution in [3.8, 4) is 0 Å². The van der Waals surface area contributed by atoms with E-state index >= 15 is 0 Å². The van der Waals surface area contributed by atoms with Crippen LogP contribution in [-0.2, 0) is 0 Å². The van der Waals surface area contributed by atoms with Gasteiger partial charge < -0.3 is 15.5 Å². The zero-order chi connectivity index (χ0) is 13.8. The summed E-state index contributed by atoms with van der Waals surface area (Å²) in [5.74, 6) is 0.920. The average Bonchev–Trinajstić information content (AvgIpc) is 2.40. The van der Waals surface area contributed by atoms with Gasteiger partial charge in [-0.15, -0.1) is 24.0 Å². The van der Waals surface area contributed by atoms with E-state index in [1.54, 1.807) is 0 Å². The van der Waals surface area contributed by atoms with E-state index in [0.717, 1.165) is 25.6 Å². The Kier molecular flexibility index (Phi) is 16.1. The van der Waals surface area contributed by atoms with Gasteiger partial charge in [-0.2, -0.15) is 0 Å². The van der Waals surface area contributed by atoms with Crippen molar-refractivity contribution < 1.29 is 0 Å². The monoisotopic (exact) mass is 384 g/mol. The minimum absolute atomic E-state index is 0. The summed E-state index contributed by atoms with van der Waals surface area (Å²) in [7, 11) is 4.00. The van der Waals surface area contributed by atoms with E-state index in [0.29, 0.717) is 6.04 Å². The van der Waals surface area contributed by atoms with Crippen molar-refractivity contribution in [1.29, 1.82) is 0 Å². The van der Waals surface area contributed by atoms with Gasteiger partial charge in [0, 0.05) is 32.7 Å². The van der Waals surface area contributed by atoms with Crippen LogP contribution in [0.2, 0.25) is 0 Å². The lowest BCUT2D eigenvalue weighted by molar-refractivity contribution is 0.255. The molecular formula is C14H33IN4. The third kappa shape index (κ3) is 11.5. The number of aliphatic imine (C=N–C) groups is 1. The predicted molar refractivity (Wildman–Crippen MR) is 96.7 cm³/mol. The Morgan fingerprint density at radius 1 is 1.16 bits per heavy atom. The van der Waals surface area contributed by atoms with Crippen molar-refractivity contribution in [1.82, 2.24) is 15.5 Å². The molecule has 0 saturated carbocycles. The van der Waals surface area contributed by atoms with Crippen LogP contribution in [0.15, 0.2) is 4.99 Å². The molecule has 19 heavy (non-hydrogen) atoms. The second-order valence-corrected chi connectivity index (χ2v) is 4.87. The summed E-state index contributed by atoms with van der Waals surface area (Å²) in [4.78, 5) is 6.60. The van der Waals surface area contributed by atoms with Gasteiger partial charge in [-0.05, 0) is 26.8 Å². The Labute approximate surface area is 136 Å². The molecule has 1 unspecified atom stereocenters. The SMILES string of the molecule is CCCCCNC(=NC)NCCN(C)C(C)CC.I. The third-order valence-electron chi connectivity index (χ3n) is 3.40. The summed E-state index contributed by atoms with van der Waals surface area (Å²) >= 11 is 0. The van der Waals surface area contributed by atoms with Gasteiger partial charge in [-0.3, -0.25) is 4.99 Å². The van der Waals surface area contributed by atoms with Gasteiger partial charge in [0.25, 0.3) is 0 Å². The summed E-state index contributed by atoms with van der Waals surface area (Å²) in [5.41, 5.74) is 0. The van der Waals surface area contributed by atoms with Crippen molar-refractivity contribution in [2.24, 2.45) is 4.99 Å². The Morgan fingerprint density at radius 2 is 1.79 bits per heavy atom. The maximum Gasteiger partial charge on any atom is 0.191 e. The summed E-state index contributed by atoms with van der Waals surface area (Å²) in [5, 5.41) is 6.69. The van der Waals surface area contributed by atoms with Crippen LogP contribution in [-0.4, -0.2) is 50.6 Å². The zero-order valence-electron chi connectivity index (χ0n) is 13.3. The van der Waals surface area contributed by atoms with Gasteiger partial charge in [-0.1, -0.05) is 26.7 Å². The smallest absolute Gasteiger partial charge is 0.191 e. The molecule has 5 heteroatoms. The number of halogens is 1. The average molecular weight is 384 g/mol. The Hall–Kier alpha value is -0.0400. The number of nitrogens with one attached hydrogen (secondary N) is 2. The topological polar surface area (TPSA) is 39.7 Å². The fourth-order valence-corrected chi connectivity index (χ4v) is 1.69. The molecule has 1 atom stereocenters. The fraction of sp³-hybridized carbons (Fsp3) is 0.929. The maximum absolute atomic E-state index is 4.22. The molecule has 0 aliphatic heterocycles. The van der Waals surface area contributed by atoms with E-state index in [1.807, 2.05) is 7.05 Å². The van der Waals surface area contributed by atoms with Gasteiger partial charge in [0.2, 0.25) is 0 Å². The number of hydrogen-bond acceptors (Lipinski definition) is 2. The molecule has 0 aliphatic rings. The molecule has 0 bridgehead atoms. The van der Waals surface area contributed by atoms with E-state index in [2.05, 4.69) is 48.3 Å². The molecule has 2 N–H and O–H groups in total. The number of hydrogen-bond donors (Lipinski definition) is 2. The Morgan fingerprint density at radius 3 is 2.32 bits per heavy atom. The van der Waals surface area contributed by atoms with E-state index in [1.165, 1.54) is 25.7 Å². The van der Waals surface area contributed by atoms with Crippen molar-refractivity contribution in [3.05, 3.63) is 0 Å². The first-order valence-electron chi connectivity index (χ1n) is 7.30. The molecule has 4 nitrogen and oxygen atoms in total. The maximum atomic E-state index is 4.22. The highest BCUT2D eigenvalue weighted by Gasteiger charge is 2.05. The van der Waals surface area contributed by atoms with Crippen LogP contribution < -0.4 is 10.6 Å². The first-order valence-corrected chi connectivity index (χ1v) is 7.30. The molecule has 0 amide bonds. The first-order chi connectivity index (χ1) is 8.65. The number of unbranched alkanes of at least 4 members (excludes halogenated alkanes) is 2. The molecule has 0 aromatic heterocycles. The van der Waals surface area contributed by atoms with Crippen LogP contribution in [0, 0.1) is 0 Å². The molecule has 0 aromatic rings. The van der Waals surface area contributed by atoms with Gasteiger partial charge in [-0.25, -0.2) is 0 Å². The van der Waals surface area contributed by atoms with E-state index in [4.69, 9.17) is 0 Å². The van der Waals surface area contributed by atoms with Crippen LogP contribution in [0.3, 0.4) is 0 Å². The molecule has 116 valence electrons. The molecule has 0 fully saturated rings. The molecule has 0 rings (SSSR count). The molecule has 0 saturated heterocycles. The molecule has 0 radical (unpaired) electrons. The lowest BCUT2D eigenvalue weighted by Gasteiger charge is -2.23. The highest BCUT2D eigenvalue weighted by Crippen LogP contribution is 1.98. The molecule has 0 spiro atoms. The summed E-state index contributed by atoms with van der Waals surface area (Å²) in [6.07, 6.45) is 4.94. The van der Waals surface area contributed by atoms with Crippen LogP contribution in [0.1, 0.15) is 46.5 Å².